The number of benzene rings is 1. The minimum absolute atomic E-state index is 0.149. The number of phenols is 1. The van der Waals surface area contributed by atoms with E-state index in [0.717, 1.165) is 44.0 Å². The number of phenolic OH excluding ortho intramolecular Hbond substituents is 1. The quantitative estimate of drug-likeness (QED) is 0.259. The number of rotatable bonds is 9. The third kappa shape index (κ3) is 7.52. The molecule has 1 amide bonds. The summed E-state index contributed by atoms with van der Waals surface area (Å²) in [5.74, 6) is 0.781. The van der Waals surface area contributed by atoms with Gasteiger partial charge in [0.2, 0.25) is 5.91 Å². The lowest BCUT2D eigenvalue weighted by molar-refractivity contribution is -0.131. The summed E-state index contributed by atoms with van der Waals surface area (Å²) in [5.41, 5.74) is 7.47. The molecule has 9 nitrogen and oxygen atoms in total. The van der Waals surface area contributed by atoms with E-state index in [4.69, 9.17) is 5.73 Å². The maximum atomic E-state index is 12.3. The van der Waals surface area contributed by atoms with Gasteiger partial charge >= 0.3 is 0 Å². The van der Waals surface area contributed by atoms with Gasteiger partial charge in [-0.25, -0.2) is 0 Å². The van der Waals surface area contributed by atoms with Gasteiger partial charge in [0.25, 0.3) is 0 Å². The van der Waals surface area contributed by atoms with Gasteiger partial charge in [0.05, 0.1) is 6.54 Å². The van der Waals surface area contributed by atoms with E-state index in [-0.39, 0.29) is 11.7 Å². The van der Waals surface area contributed by atoms with Crippen molar-refractivity contribution in [3.63, 3.8) is 0 Å². The molecule has 1 saturated heterocycles. The Morgan fingerprint density at radius 2 is 1.97 bits per heavy atom. The molecule has 1 aliphatic rings. The van der Waals surface area contributed by atoms with Crippen molar-refractivity contribution in [1.82, 2.24) is 20.0 Å². The molecule has 0 aromatic heterocycles. The number of nitrogens with two attached hydrogens (primary N) is 1. The van der Waals surface area contributed by atoms with E-state index < -0.39 is 0 Å². The molecule has 0 atom stereocenters. The number of aliphatic imine (C=N–C) groups is 1. The molecule has 0 saturated carbocycles. The van der Waals surface area contributed by atoms with Crippen LogP contribution in [0.15, 0.2) is 23.2 Å². The van der Waals surface area contributed by atoms with E-state index in [0.29, 0.717) is 32.1 Å². The topological polar surface area (TPSA) is 109 Å². The van der Waals surface area contributed by atoms with Crippen LogP contribution in [0, 0.1) is 0 Å². The Bertz CT molecular complexity index is 687. The van der Waals surface area contributed by atoms with E-state index in [1.54, 1.807) is 17.0 Å². The molecule has 1 aliphatic heterocycles. The highest BCUT2D eigenvalue weighted by Gasteiger charge is 2.21. The summed E-state index contributed by atoms with van der Waals surface area (Å²) in [6.07, 6.45) is 0. The van der Waals surface area contributed by atoms with E-state index in [1.165, 1.54) is 0 Å². The average molecular weight is 406 g/mol. The number of hydrogen-bond donors (Lipinski definition) is 4. The molecule has 29 heavy (non-hydrogen) atoms. The van der Waals surface area contributed by atoms with Crippen LogP contribution in [0.1, 0.15) is 12.5 Å². The molecule has 1 aromatic carbocycles. The molecule has 2 rings (SSSR count). The first-order valence-electron chi connectivity index (χ1n) is 10.1. The normalized spacial score (nSPS) is 16.0. The molecule has 5 N–H and O–H groups in total. The molecule has 162 valence electrons. The van der Waals surface area contributed by atoms with Gasteiger partial charge in [-0.3, -0.25) is 19.6 Å². The molecule has 1 fully saturated rings. The number of nitrogens with one attached hydrogen (secondary N) is 2. The second kappa shape index (κ2) is 11.6. The van der Waals surface area contributed by atoms with E-state index in [2.05, 4.69) is 25.4 Å². The molecule has 9 heteroatoms. The fraction of sp³-hybridized carbons (Fsp3) is 0.600. The van der Waals surface area contributed by atoms with Crippen LogP contribution in [-0.4, -0.2) is 98.1 Å². The van der Waals surface area contributed by atoms with Crippen molar-refractivity contribution in [3.05, 3.63) is 23.8 Å². The van der Waals surface area contributed by atoms with Crippen molar-refractivity contribution in [2.75, 3.05) is 71.8 Å². The fourth-order valence-corrected chi connectivity index (χ4v) is 3.21. The number of guanidine groups is 1. The van der Waals surface area contributed by atoms with Gasteiger partial charge < -0.3 is 26.4 Å². The lowest BCUT2D eigenvalue weighted by atomic mass is 10.1. The van der Waals surface area contributed by atoms with Crippen LogP contribution < -0.4 is 16.4 Å². The minimum Gasteiger partial charge on any atom is -0.508 e. The second-order valence-corrected chi connectivity index (χ2v) is 7.30. The third-order valence-electron chi connectivity index (χ3n) is 5.02. The maximum absolute atomic E-state index is 12.3. The average Bonchev–Trinajstić information content (AvgIpc) is 2.70. The predicted molar refractivity (Wildman–Crippen MR) is 117 cm³/mol. The largest absolute Gasteiger partial charge is 0.508 e. The van der Waals surface area contributed by atoms with Gasteiger partial charge in [0, 0.05) is 70.7 Å². The Balaban J connectivity index is 1.84. The molecule has 0 unspecified atom stereocenters. The van der Waals surface area contributed by atoms with Gasteiger partial charge in [-0.05, 0) is 32.2 Å². The van der Waals surface area contributed by atoms with E-state index in [9.17, 15) is 9.90 Å². The number of aromatic hydroxyl groups is 1. The first kappa shape index (κ1) is 22.9. The molecular formula is C20H35N7O2. The number of anilines is 1. The number of amides is 1. The predicted octanol–water partition coefficient (Wildman–Crippen LogP) is -0.0659. The van der Waals surface area contributed by atoms with Crippen molar-refractivity contribution < 1.29 is 9.90 Å². The Labute approximate surface area is 173 Å². The number of nitrogens with zero attached hydrogens (tertiary/aromatic N) is 4. The van der Waals surface area contributed by atoms with Crippen molar-refractivity contribution in [3.8, 4) is 5.75 Å². The number of piperazine rings is 1. The smallest absolute Gasteiger partial charge is 0.236 e. The highest BCUT2D eigenvalue weighted by molar-refractivity contribution is 5.92. The van der Waals surface area contributed by atoms with Crippen molar-refractivity contribution in [1.29, 1.82) is 0 Å². The van der Waals surface area contributed by atoms with Gasteiger partial charge in [-0.1, -0.05) is 0 Å². The van der Waals surface area contributed by atoms with Crippen molar-refractivity contribution in [2.24, 2.45) is 10.7 Å². The molecule has 0 radical (unpaired) electrons. The minimum atomic E-state index is 0.149. The summed E-state index contributed by atoms with van der Waals surface area (Å²) in [6, 6.07) is 5.36. The van der Waals surface area contributed by atoms with Crippen LogP contribution in [0.25, 0.3) is 0 Å². The van der Waals surface area contributed by atoms with Crippen LogP contribution in [-0.2, 0) is 11.3 Å². The second-order valence-electron chi connectivity index (χ2n) is 7.30. The van der Waals surface area contributed by atoms with E-state index in [1.807, 2.05) is 27.1 Å². The first-order chi connectivity index (χ1) is 13.9. The maximum Gasteiger partial charge on any atom is 0.236 e. The zero-order valence-corrected chi connectivity index (χ0v) is 17.8. The van der Waals surface area contributed by atoms with Crippen LogP contribution in [0.2, 0.25) is 0 Å². The molecule has 0 bridgehead atoms. The Morgan fingerprint density at radius 1 is 1.28 bits per heavy atom. The van der Waals surface area contributed by atoms with Crippen LogP contribution in [0.4, 0.5) is 5.69 Å². The van der Waals surface area contributed by atoms with Gasteiger partial charge in [0.1, 0.15) is 5.75 Å². The number of carbonyl (C=O) groups excluding carboxylic acids is 1. The SMILES string of the molecule is CCN=C(N)Nc1ccc(O)c(CN2CCN(CC(=O)N(C)CCNC)CC2)c1. The Morgan fingerprint density at radius 3 is 2.62 bits per heavy atom. The number of hydrogen-bond acceptors (Lipinski definition) is 6. The fourth-order valence-electron chi connectivity index (χ4n) is 3.21. The summed E-state index contributed by atoms with van der Waals surface area (Å²) < 4.78 is 0. The first-order valence-corrected chi connectivity index (χ1v) is 10.1. The van der Waals surface area contributed by atoms with Gasteiger partial charge in [-0.2, -0.15) is 0 Å². The summed E-state index contributed by atoms with van der Waals surface area (Å²) >= 11 is 0. The number of likely N-dealkylation sites (N-methyl/N-ethyl adjacent to an activating group) is 2. The number of carbonyl (C=O) groups is 1. The summed E-state index contributed by atoms with van der Waals surface area (Å²) in [4.78, 5) is 22.7. The lowest BCUT2D eigenvalue weighted by Crippen LogP contribution is -2.49. The van der Waals surface area contributed by atoms with Gasteiger partial charge in [-0.15, -0.1) is 0 Å². The monoisotopic (exact) mass is 405 g/mol. The van der Waals surface area contributed by atoms with Gasteiger partial charge in [0.15, 0.2) is 5.96 Å². The summed E-state index contributed by atoms with van der Waals surface area (Å²) in [7, 11) is 3.73. The van der Waals surface area contributed by atoms with Crippen molar-refractivity contribution >= 4 is 17.6 Å². The van der Waals surface area contributed by atoms with E-state index >= 15 is 0 Å². The van der Waals surface area contributed by atoms with Crippen molar-refractivity contribution in [2.45, 2.75) is 13.5 Å². The highest BCUT2D eigenvalue weighted by atomic mass is 16.3. The summed E-state index contributed by atoms with van der Waals surface area (Å²) in [5, 5.41) is 16.3. The molecule has 1 heterocycles. The highest BCUT2D eigenvalue weighted by Crippen LogP contribution is 2.23. The molecular weight excluding hydrogens is 370 g/mol. The van der Waals surface area contributed by atoms with Crippen LogP contribution >= 0.6 is 0 Å². The molecule has 0 aliphatic carbocycles. The molecule has 1 aromatic rings. The van der Waals surface area contributed by atoms with Crippen LogP contribution in [0.3, 0.4) is 0 Å². The standard InChI is InChI=1S/C20H35N7O2/c1-4-23-20(21)24-17-5-6-18(28)16(13-17)14-26-9-11-27(12-10-26)15-19(29)25(3)8-7-22-2/h5-6,13,22,28H,4,7-12,14-15H2,1-3H3,(H3,21,23,24). The Hall–Kier alpha value is -2.36. The third-order valence-corrected chi connectivity index (χ3v) is 5.02. The molecule has 0 spiro atoms. The van der Waals surface area contributed by atoms with Crippen LogP contribution in [0.5, 0.6) is 5.75 Å². The zero-order valence-electron chi connectivity index (χ0n) is 17.8. The lowest BCUT2D eigenvalue weighted by Gasteiger charge is -2.35. The zero-order chi connectivity index (χ0) is 21.2. The Kier molecular flexibility index (Phi) is 9.17. The summed E-state index contributed by atoms with van der Waals surface area (Å²) in [6.45, 7) is 8.52.